The minimum Gasteiger partial charge on any atom is -0.504 e. The lowest BCUT2D eigenvalue weighted by Gasteiger charge is -2.73. The zero-order valence-electron chi connectivity index (χ0n) is 18.1. The van der Waals surface area contributed by atoms with Crippen LogP contribution in [0.25, 0.3) is 0 Å². The highest BCUT2D eigenvalue weighted by atomic mass is 16.6. The summed E-state index contributed by atoms with van der Waals surface area (Å²) < 4.78 is 13.1. The van der Waals surface area contributed by atoms with E-state index in [-0.39, 0.29) is 34.7 Å². The molecule has 4 fully saturated rings. The SMILES string of the molecule is CO[C@]12C=C[C@@]3([C@@H]4CC[C@@H](O)[C@@H]41)[C@H]1Cc4ccc(O)c5c4[C@@]3(CCN1CC1CC1)[C@@H]2O5. The Morgan fingerprint density at radius 1 is 1.19 bits per heavy atom. The average molecular weight is 422 g/mol. The van der Waals surface area contributed by atoms with Gasteiger partial charge >= 0.3 is 0 Å². The fourth-order valence-electron chi connectivity index (χ4n) is 9.61. The Kier molecular flexibility index (Phi) is 3.08. The van der Waals surface area contributed by atoms with E-state index in [1.54, 1.807) is 7.11 Å². The van der Waals surface area contributed by atoms with Gasteiger partial charge in [-0.15, -0.1) is 0 Å². The van der Waals surface area contributed by atoms with Gasteiger partial charge in [-0.2, -0.15) is 0 Å². The van der Waals surface area contributed by atoms with Crippen LogP contribution in [0.5, 0.6) is 11.5 Å². The van der Waals surface area contributed by atoms with Crippen molar-refractivity contribution in [1.29, 1.82) is 0 Å². The normalized spacial score (nSPS) is 50.3. The van der Waals surface area contributed by atoms with E-state index in [1.165, 1.54) is 30.5 Å². The summed E-state index contributed by atoms with van der Waals surface area (Å²) in [4.78, 5) is 2.80. The number of ether oxygens (including phenoxy) is 2. The molecule has 2 aliphatic heterocycles. The van der Waals surface area contributed by atoms with E-state index in [4.69, 9.17) is 9.47 Å². The number of hydrogen-bond acceptors (Lipinski definition) is 5. The van der Waals surface area contributed by atoms with Gasteiger partial charge in [0.2, 0.25) is 0 Å². The molecule has 0 amide bonds. The first-order valence-electron chi connectivity index (χ1n) is 12.3. The van der Waals surface area contributed by atoms with E-state index in [9.17, 15) is 10.2 Å². The van der Waals surface area contributed by atoms with E-state index in [0.717, 1.165) is 38.1 Å². The molecule has 2 heterocycles. The van der Waals surface area contributed by atoms with Crippen LogP contribution in [0.3, 0.4) is 0 Å². The Morgan fingerprint density at radius 2 is 2.06 bits per heavy atom. The molecule has 6 aliphatic carbocycles. The van der Waals surface area contributed by atoms with Gasteiger partial charge in [0.15, 0.2) is 11.5 Å². The molecule has 9 rings (SSSR count). The van der Waals surface area contributed by atoms with Gasteiger partial charge in [0.25, 0.3) is 0 Å². The Labute approximate surface area is 183 Å². The van der Waals surface area contributed by atoms with Gasteiger partial charge < -0.3 is 19.7 Å². The lowest BCUT2D eigenvalue weighted by molar-refractivity contribution is -0.248. The second-order valence-electron chi connectivity index (χ2n) is 11.4. The molecule has 5 nitrogen and oxygen atoms in total. The zero-order chi connectivity index (χ0) is 20.8. The number of methoxy groups -OCH3 is 1. The number of aliphatic hydroxyl groups is 1. The third kappa shape index (κ3) is 1.69. The molecule has 0 unspecified atom stereocenters. The number of likely N-dealkylation sites (tertiary alicyclic amines) is 1. The van der Waals surface area contributed by atoms with E-state index in [1.807, 2.05) is 6.07 Å². The van der Waals surface area contributed by atoms with Crippen LogP contribution in [0.2, 0.25) is 0 Å². The maximum absolute atomic E-state index is 11.2. The highest BCUT2D eigenvalue weighted by Crippen LogP contribution is 2.78. The van der Waals surface area contributed by atoms with Crippen LogP contribution in [-0.2, 0) is 16.6 Å². The molecule has 0 aromatic heterocycles. The molecular formula is C26H31NO4. The Morgan fingerprint density at radius 3 is 2.87 bits per heavy atom. The molecular weight excluding hydrogens is 390 g/mol. The van der Waals surface area contributed by atoms with Crippen molar-refractivity contribution in [3.8, 4) is 11.5 Å². The first kappa shape index (κ1) is 17.9. The van der Waals surface area contributed by atoms with Crippen molar-refractivity contribution in [2.24, 2.45) is 23.2 Å². The number of phenolic OH excluding ortho intramolecular Hbond substituents is 1. The fourth-order valence-corrected chi connectivity index (χ4v) is 9.61. The third-order valence-corrected chi connectivity index (χ3v) is 10.7. The first-order valence-corrected chi connectivity index (χ1v) is 12.3. The van der Waals surface area contributed by atoms with Crippen molar-refractivity contribution in [2.45, 2.75) is 67.8 Å². The van der Waals surface area contributed by atoms with E-state index < -0.39 is 5.60 Å². The molecule has 8 aliphatic rings. The quantitative estimate of drug-likeness (QED) is 0.735. The van der Waals surface area contributed by atoms with E-state index in [2.05, 4.69) is 23.1 Å². The maximum atomic E-state index is 11.2. The summed E-state index contributed by atoms with van der Waals surface area (Å²) >= 11 is 0. The summed E-state index contributed by atoms with van der Waals surface area (Å²) in [6.07, 6.45) is 10.9. The maximum Gasteiger partial charge on any atom is 0.165 e. The molecule has 8 atom stereocenters. The minimum atomic E-state index is -0.633. The molecule has 2 N–H and O–H groups in total. The molecule has 1 saturated heterocycles. The molecule has 0 radical (unpaired) electrons. The van der Waals surface area contributed by atoms with Crippen LogP contribution in [0.15, 0.2) is 24.3 Å². The Balaban J connectivity index is 1.44. The monoisotopic (exact) mass is 421 g/mol. The van der Waals surface area contributed by atoms with Crippen LogP contribution < -0.4 is 4.74 Å². The second kappa shape index (κ2) is 5.32. The van der Waals surface area contributed by atoms with Crippen molar-refractivity contribution in [2.75, 3.05) is 20.2 Å². The van der Waals surface area contributed by atoms with Crippen molar-refractivity contribution >= 4 is 0 Å². The molecule has 3 saturated carbocycles. The summed E-state index contributed by atoms with van der Waals surface area (Å²) in [6.45, 7) is 2.29. The van der Waals surface area contributed by atoms with Crippen LogP contribution in [-0.4, -0.2) is 59.2 Å². The molecule has 1 aromatic rings. The zero-order valence-corrected chi connectivity index (χ0v) is 18.1. The number of piperidine rings is 1. The van der Waals surface area contributed by atoms with Crippen LogP contribution in [0.1, 0.15) is 43.2 Å². The van der Waals surface area contributed by atoms with Gasteiger partial charge in [-0.05, 0) is 68.5 Å². The summed E-state index contributed by atoms with van der Waals surface area (Å²) in [6, 6.07) is 4.40. The van der Waals surface area contributed by atoms with Gasteiger partial charge in [0.1, 0.15) is 11.7 Å². The molecule has 31 heavy (non-hydrogen) atoms. The molecule has 5 heteroatoms. The van der Waals surface area contributed by atoms with Gasteiger partial charge in [0, 0.05) is 36.6 Å². The van der Waals surface area contributed by atoms with Crippen LogP contribution >= 0.6 is 0 Å². The number of aromatic hydroxyl groups is 1. The predicted octanol–water partition coefficient (Wildman–Crippen LogP) is 2.77. The van der Waals surface area contributed by atoms with Gasteiger partial charge in [-0.3, -0.25) is 4.90 Å². The van der Waals surface area contributed by atoms with E-state index >= 15 is 0 Å². The minimum absolute atomic E-state index is 0.0563. The molecule has 4 bridgehead atoms. The van der Waals surface area contributed by atoms with Gasteiger partial charge in [-0.1, -0.05) is 18.2 Å². The Bertz CT molecular complexity index is 1030. The summed E-state index contributed by atoms with van der Waals surface area (Å²) in [5.74, 6) is 2.26. The first-order chi connectivity index (χ1) is 15.1. The Hall–Kier alpha value is -1.56. The van der Waals surface area contributed by atoms with Crippen molar-refractivity contribution in [1.82, 2.24) is 4.90 Å². The highest BCUT2D eigenvalue weighted by molar-refractivity contribution is 5.65. The largest absolute Gasteiger partial charge is 0.504 e. The lowest BCUT2D eigenvalue weighted by atomic mass is 9.34. The molecule has 164 valence electrons. The second-order valence-corrected chi connectivity index (χ2v) is 11.4. The molecule has 2 spiro atoms. The van der Waals surface area contributed by atoms with Crippen LogP contribution in [0.4, 0.5) is 0 Å². The summed E-state index contributed by atoms with van der Waals surface area (Å²) in [5.41, 5.74) is 1.76. The third-order valence-electron chi connectivity index (χ3n) is 10.7. The molecule has 1 aromatic carbocycles. The summed E-state index contributed by atoms with van der Waals surface area (Å²) in [5, 5.41) is 22.1. The van der Waals surface area contributed by atoms with Gasteiger partial charge in [-0.25, -0.2) is 0 Å². The summed E-state index contributed by atoms with van der Waals surface area (Å²) in [7, 11) is 1.79. The highest BCUT2D eigenvalue weighted by Gasteiger charge is 2.83. The van der Waals surface area contributed by atoms with Crippen molar-refractivity contribution in [3.05, 3.63) is 35.4 Å². The number of hydrogen-bond donors (Lipinski definition) is 2. The number of nitrogens with zero attached hydrogens (tertiary/aromatic N) is 1. The number of benzene rings is 1. The smallest absolute Gasteiger partial charge is 0.165 e. The lowest BCUT2D eigenvalue weighted by Crippen LogP contribution is -2.82. The fraction of sp³-hybridized carbons (Fsp3) is 0.692. The standard InChI is InChI=1S/C26H31NO4/c1-30-26-9-8-24(16-5-7-17(28)21(16)26)19-12-15-4-6-18(29)22-20(15)25(24,23(26)31-22)10-11-27(19)13-14-2-3-14/h4,6,8-9,14,16-17,19,21,23,28-29H,2-3,5,7,10-13H2,1H3/t16-,17-,19-,21-,23+,24-,25+,26-/m1/s1. The van der Waals surface area contributed by atoms with Gasteiger partial charge in [0.05, 0.1) is 11.5 Å². The number of aliphatic hydroxyl groups excluding tert-OH is 1. The van der Waals surface area contributed by atoms with Crippen molar-refractivity contribution in [3.63, 3.8) is 0 Å². The topological polar surface area (TPSA) is 62.2 Å². The van der Waals surface area contributed by atoms with Crippen molar-refractivity contribution < 1.29 is 19.7 Å². The van der Waals surface area contributed by atoms with E-state index in [0.29, 0.717) is 17.7 Å². The van der Waals surface area contributed by atoms with Crippen LogP contribution in [0, 0.1) is 23.2 Å². The number of rotatable bonds is 3. The number of phenols is 1. The predicted molar refractivity (Wildman–Crippen MR) is 114 cm³/mol. The average Bonchev–Trinajstić information content (AvgIpc) is 3.38.